The fourth-order valence-corrected chi connectivity index (χ4v) is 1.35. The van der Waals surface area contributed by atoms with E-state index in [1.54, 1.807) is 6.92 Å². The third kappa shape index (κ3) is 2.18. The summed E-state index contributed by atoms with van der Waals surface area (Å²) in [7, 11) is 0. The predicted molar refractivity (Wildman–Crippen MR) is 60.9 cm³/mol. The monoisotopic (exact) mass is 236 g/mol. The average Bonchev–Trinajstić information content (AvgIpc) is 2.60. The second-order valence-electron chi connectivity index (χ2n) is 3.51. The summed E-state index contributed by atoms with van der Waals surface area (Å²) in [6.07, 6.45) is 2.69. The highest BCUT2D eigenvalue weighted by Gasteiger charge is 2.08. The fraction of sp³-hybridized carbons (Fsp3) is 0.0833. The minimum Gasteiger partial charge on any atom is -0.394 e. The van der Waals surface area contributed by atoms with Crippen molar-refractivity contribution in [1.29, 1.82) is 0 Å². The molecule has 0 saturated heterocycles. The molecule has 0 fully saturated rings. The highest BCUT2D eigenvalue weighted by Crippen LogP contribution is 2.20. The molecule has 3 nitrogen and oxygen atoms in total. The molecule has 1 heterocycles. The van der Waals surface area contributed by atoms with E-state index >= 15 is 0 Å². The molecule has 1 aromatic heterocycles. The van der Waals surface area contributed by atoms with Gasteiger partial charge >= 0.3 is 0 Å². The van der Waals surface area contributed by atoms with Gasteiger partial charge in [0.1, 0.15) is 23.0 Å². The highest BCUT2D eigenvalue weighted by molar-refractivity contribution is 5.74. The number of benzene rings is 1. The van der Waals surface area contributed by atoms with Crippen molar-refractivity contribution in [2.75, 3.05) is 5.73 Å². The van der Waals surface area contributed by atoms with Crippen LogP contribution in [0, 0.1) is 18.6 Å². The maximum absolute atomic E-state index is 13.3. The first-order valence-electron chi connectivity index (χ1n) is 4.93. The van der Waals surface area contributed by atoms with Crippen LogP contribution in [0.4, 0.5) is 14.5 Å². The second kappa shape index (κ2) is 4.37. The number of rotatable bonds is 2. The van der Waals surface area contributed by atoms with Gasteiger partial charge in [-0.3, -0.25) is 0 Å². The number of halogens is 2. The van der Waals surface area contributed by atoms with E-state index in [1.807, 2.05) is 0 Å². The lowest BCUT2D eigenvalue weighted by Gasteiger charge is -1.97. The molecular weight excluding hydrogens is 226 g/mol. The molecule has 2 rings (SSSR count). The van der Waals surface area contributed by atoms with Crippen LogP contribution in [0.5, 0.6) is 0 Å². The van der Waals surface area contributed by atoms with Crippen molar-refractivity contribution in [3.63, 3.8) is 0 Å². The van der Waals surface area contributed by atoms with Gasteiger partial charge in [-0.1, -0.05) is 11.2 Å². The van der Waals surface area contributed by atoms with E-state index in [4.69, 9.17) is 10.3 Å². The predicted octanol–water partition coefficient (Wildman–Crippen LogP) is 3.01. The Bertz CT molecular complexity index is 556. The van der Waals surface area contributed by atoms with Crippen LogP contribution in [-0.4, -0.2) is 5.16 Å². The fourth-order valence-electron chi connectivity index (χ4n) is 1.35. The van der Waals surface area contributed by atoms with Crippen LogP contribution < -0.4 is 5.73 Å². The number of aryl methyl sites for hydroxylation is 1. The van der Waals surface area contributed by atoms with E-state index in [9.17, 15) is 8.78 Å². The minimum absolute atomic E-state index is 0.132. The summed E-state index contributed by atoms with van der Waals surface area (Å²) in [6, 6.07) is 3.66. The summed E-state index contributed by atoms with van der Waals surface area (Å²) in [5.41, 5.74) is 6.23. The minimum atomic E-state index is -0.639. The van der Waals surface area contributed by atoms with Crippen molar-refractivity contribution in [1.82, 2.24) is 5.16 Å². The van der Waals surface area contributed by atoms with Crippen molar-refractivity contribution in [3.8, 4) is 0 Å². The molecule has 0 unspecified atom stereocenters. The SMILES string of the molecule is Cc1onc(/C=C/c2c(F)cccc2F)c1N. The van der Waals surface area contributed by atoms with Gasteiger partial charge in [-0.15, -0.1) is 0 Å². The van der Waals surface area contributed by atoms with Gasteiger partial charge in [0, 0.05) is 5.56 Å². The van der Waals surface area contributed by atoms with Gasteiger partial charge in [0.25, 0.3) is 0 Å². The number of nitrogens with two attached hydrogens (primary N) is 1. The summed E-state index contributed by atoms with van der Waals surface area (Å²) < 4.78 is 31.4. The van der Waals surface area contributed by atoms with Crippen molar-refractivity contribution in [2.24, 2.45) is 0 Å². The Hall–Kier alpha value is -2.17. The van der Waals surface area contributed by atoms with Crippen LogP contribution in [0.25, 0.3) is 12.2 Å². The van der Waals surface area contributed by atoms with E-state index in [-0.39, 0.29) is 5.56 Å². The zero-order chi connectivity index (χ0) is 12.4. The largest absolute Gasteiger partial charge is 0.394 e. The molecule has 0 amide bonds. The van der Waals surface area contributed by atoms with Crippen LogP contribution >= 0.6 is 0 Å². The van der Waals surface area contributed by atoms with Crippen molar-refractivity contribution < 1.29 is 13.3 Å². The van der Waals surface area contributed by atoms with Gasteiger partial charge in [0.15, 0.2) is 5.76 Å². The molecule has 2 aromatic rings. The Labute approximate surface area is 96.5 Å². The van der Waals surface area contributed by atoms with Gasteiger partial charge in [-0.05, 0) is 31.2 Å². The van der Waals surface area contributed by atoms with Crippen LogP contribution in [-0.2, 0) is 0 Å². The summed E-state index contributed by atoms with van der Waals surface area (Å²) in [4.78, 5) is 0. The lowest BCUT2D eigenvalue weighted by Crippen LogP contribution is -1.89. The molecule has 0 aliphatic carbocycles. The average molecular weight is 236 g/mol. The molecule has 1 aromatic carbocycles. The first kappa shape index (κ1) is 11.3. The van der Waals surface area contributed by atoms with Crippen LogP contribution in [0.1, 0.15) is 17.0 Å². The highest BCUT2D eigenvalue weighted by atomic mass is 19.1. The van der Waals surface area contributed by atoms with Crippen LogP contribution in [0.2, 0.25) is 0 Å². The van der Waals surface area contributed by atoms with Crippen LogP contribution in [0.3, 0.4) is 0 Å². The van der Waals surface area contributed by atoms with E-state index in [0.717, 1.165) is 0 Å². The maximum Gasteiger partial charge on any atom is 0.157 e. The maximum atomic E-state index is 13.3. The lowest BCUT2D eigenvalue weighted by atomic mass is 10.1. The molecule has 0 bridgehead atoms. The Kier molecular flexibility index (Phi) is 2.91. The quantitative estimate of drug-likeness (QED) is 0.871. The first-order chi connectivity index (χ1) is 8.09. The standard InChI is InChI=1S/C12H10F2N2O/c1-7-12(15)11(16-17-7)6-5-8-9(13)3-2-4-10(8)14/h2-6H,15H2,1H3/b6-5+. The topological polar surface area (TPSA) is 52.0 Å². The number of anilines is 1. The molecule has 0 aliphatic heterocycles. The number of nitrogens with zero attached hydrogens (tertiary/aromatic N) is 1. The van der Waals surface area contributed by atoms with Crippen molar-refractivity contribution in [3.05, 3.63) is 46.9 Å². The van der Waals surface area contributed by atoms with E-state index in [0.29, 0.717) is 17.1 Å². The van der Waals surface area contributed by atoms with E-state index in [2.05, 4.69) is 5.16 Å². The third-order valence-electron chi connectivity index (χ3n) is 2.34. The van der Waals surface area contributed by atoms with Gasteiger partial charge in [0.05, 0.1) is 0 Å². The summed E-state index contributed by atoms with van der Waals surface area (Å²) in [5.74, 6) is -0.807. The van der Waals surface area contributed by atoms with Gasteiger partial charge < -0.3 is 10.3 Å². The Morgan fingerprint density at radius 3 is 2.41 bits per heavy atom. The molecule has 0 atom stereocenters. The molecule has 5 heteroatoms. The Morgan fingerprint density at radius 2 is 1.88 bits per heavy atom. The molecule has 17 heavy (non-hydrogen) atoms. The second-order valence-corrected chi connectivity index (χ2v) is 3.51. The summed E-state index contributed by atoms with van der Waals surface area (Å²) in [5, 5.41) is 3.66. The molecule has 0 spiro atoms. The molecule has 88 valence electrons. The Morgan fingerprint density at radius 1 is 1.24 bits per heavy atom. The zero-order valence-corrected chi connectivity index (χ0v) is 9.08. The normalized spacial score (nSPS) is 11.2. The van der Waals surface area contributed by atoms with E-state index in [1.165, 1.54) is 30.4 Å². The zero-order valence-electron chi connectivity index (χ0n) is 9.08. The van der Waals surface area contributed by atoms with Crippen LogP contribution in [0.15, 0.2) is 22.7 Å². The number of nitrogen functional groups attached to an aromatic ring is 1. The van der Waals surface area contributed by atoms with Gasteiger partial charge in [-0.25, -0.2) is 8.78 Å². The molecular formula is C12H10F2N2O. The molecule has 2 N–H and O–H groups in total. The smallest absolute Gasteiger partial charge is 0.157 e. The first-order valence-corrected chi connectivity index (χ1v) is 4.93. The number of hydrogen-bond acceptors (Lipinski definition) is 3. The lowest BCUT2D eigenvalue weighted by molar-refractivity contribution is 0.396. The summed E-state index contributed by atoms with van der Waals surface area (Å²) >= 11 is 0. The third-order valence-corrected chi connectivity index (χ3v) is 2.34. The van der Waals surface area contributed by atoms with Gasteiger partial charge in [0.2, 0.25) is 0 Å². The van der Waals surface area contributed by atoms with Gasteiger partial charge in [-0.2, -0.15) is 0 Å². The van der Waals surface area contributed by atoms with Crippen molar-refractivity contribution >= 4 is 17.8 Å². The Balaban J connectivity index is 2.36. The molecule has 0 saturated carbocycles. The van der Waals surface area contributed by atoms with E-state index < -0.39 is 11.6 Å². The summed E-state index contributed by atoms with van der Waals surface area (Å²) in [6.45, 7) is 1.66. The molecule has 0 aliphatic rings. The van der Waals surface area contributed by atoms with Crippen molar-refractivity contribution in [2.45, 2.75) is 6.92 Å². The number of aromatic nitrogens is 1. The molecule has 0 radical (unpaired) electrons. The number of hydrogen-bond donors (Lipinski definition) is 1.